The average Bonchev–Trinajstić information content (AvgIpc) is 2.87. The van der Waals surface area contributed by atoms with E-state index in [0.717, 1.165) is 5.69 Å². The molecule has 94 valence electrons. The first-order chi connectivity index (χ1) is 8.00. The van der Waals surface area contributed by atoms with Gasteiger partial charge in [-0.3, -0.25) is 9.78 Å². The second-order valence-electron chi connectivity index (χ2n) is 4.74. The van der Waals surface area contributed by atoms with Crippen LogP contribution in [-0.2, 0) is 7.05 Å². The van der Waals surface area contributed by atoms with Crippen LogP contribution in [0.3, 0.4) is 0 Å². The van der Waals surface area contributed by atoms with E-state index in [1.807, 2.05) is 30.1 Å². The van der Waals surface area contributed by atoms with Gasteiger partial charge in [0, 0.05) is 25.1 Å². The average molecular weight is 234 g/mol. The van der Waals surface area contributed by atoms with E-state index in [4.69, 9.17) is 0 Å². The molecule has 2 aromatic rings. The summed E-state index contributed by atoms with van der Waals surface area (Å²) in [5, 5.41) is 10.9. The highest BCUT2D eigenvalue weighted by Crippen LogP contribution is 2.09. The van der Waals surface area contributed by atoms with Gasteiger partial charge in [0.1, 0.15) is 0 Å². The highest BCUT2D eigenvalue weighted by Gasteiger charge is 1.99. The molecule has 0 radical (unpaired) electrons. The first kappa shape index (κ1) is 13.5. The summed E-state index contributed by atoms with van der Waals surface area (Å²) < 4.78 is 1.83. The Morgan fingerprint density at radius 3 is 2.06 bits per heavy atom. The second kappa shape index (κ2) is 6.23. The number of hydrogen-bond donors (Lipinski definition) is 1. The Hall–Kier alpha value is -1.58. The molecular formula is C13H22N4. The van der Waals surface area contributed by atoms with Crippen molar-refractivity contribution in [3.8, 4) is 0 Å². The van der Waals surface area contributed by atoms with Crippen molar-refractivity contribution in [1.29, 1.82) is 0 Å². The zero-order chi connectivity index (χ0) is 12.8. The number of aromatic amines is 1. The maximum atomic E-state index is 4.23. The fourth-order valence-corrected chi connectivity index (χ4v) is 1.33. The van der Waals surface area contributed by atoms with Gasteiger partial charge in [-0.05, 0) is 24.0 Å². The van der Waals surface area contributed by atoms with Gasteiger partial charge < -0.3 is 0 Å². The van der Waals surface area contributed by atoms with Crippen LogP contribution in [0, 0.1) is 0 Å². The van der Waals surface area contributed by atoms with Crippen LogP contribution >= 0.6 is 0 Å². The quantitative estimate of drug-likeness (QED) is 0.868. The maximum Gasteiger partial charge on any atom is 0.0649 e. The Balaban J connectivity index is 0.000000171. The van der Waals surface area contributed by atoms with E-state index >= 15 is 0 Å². The molecule has 0 saturated heterocycles. The molecule has 2 rings (SSSR count). The Kier molecular flexibility index (Phi) is 4.94. The van der Waals surface area contributed by atoms with Crippen molar-refractivity contribution < 1.29 is 0 Å². The highest BCUT2D eigenvalue weighted by atomic mass is 15.2. The summed E-state index contributed by atoms with van der Waals surface area (Å²) in [4.78, 5) is 0. The van der Waals surface area contributed by atoms with Crippen molar-refractivity contribution in [1.82, 2.24) is 20.0 Å². The van der Waals surface area contributed by atoms with E-state index in [0.29, 0.717) is 11.8 Å². The predicted molar refractivity (Wildman–Crippen MR) is 70.0 cm³/mol. The number of hydrogen-bond acceptors (Lipinski definition) is 2. The minimum absolute atomic E-state index is 0.547. The van der Waals surface area contributed by atoms with E-state index in [2.05, 4.69) is 43.0 Å². The molecule has 0 atom stereocenters. The molecule has 0 spiro atoms. The van der Waals surface area contributed by atoms with Crippen LogP contribution in [0.1, 0.15) is 50.9 Å². The van der Waals surface area contributed by atoms with Gasteiger partial charge in [0.15, 0.2) is 0 Å². The molecule has 0 bridgehead atoms. The summed E-state index contributed by atoms with van der Waals surface area (Å²) in [5.74, 6) is 1.11. The molecule has 0 amide bonds. The molecular weight excluding hydrogens is 212 g/mol. The highest BCUT2D eigenvalue weighted by molar-refractivity contribution is 5.03. The van der Waals surface area contributed by atoms with Crippen LogP contribution in [0.4, 0.5) is 0 Å². The van der Waals surface area contributed by atoms with Crippen LogP contribution in [0.15, 0.2) is 24.5 Å². The third kappa shape index (κ3) is 4.43. The van der Waals surface area contributed by atoms with Crippen molar-refractivity contribution >= 4 is 0 Å². The lowest BCUT2D eigenvalue weighted by atomic mass is 10.1. The molecule has 0 aliphatic carbocycles. The molecule has 0 unspecified atom stereocenters. The van der Waals surface area contributed by atoms with Gasteiger partial charge in [-0.1, -0.05) is 27.7 Å². The number of rotatable bonds is 2. The maximum absolute atomic E-state index is 4.23. The zero-order valence-electron chi connectivity index (χ0n) is 11.3. The summed E-state index contributed by atoms with van der Waals surface area (Å²) >= 11 is 0. The third-order valence-corrected chi connectivity index (χ3v) is 2.47. The van der Waals surface area contributed by atoms with Crippen molar-refractivity contribution in [2.75, 3.05) is 0 Å². The summed E-state index contributed by atoms with van der Waals surface area (Å²) in [7, 11) is 1.94. The molecule has 2 heterocycles. The van der Waals surface area contributed by atoms with E-state index in [-0.39, 0.29) is 0 Å². The SMILES string of the molecule is CC(C)c1ccn(C)n1.CC(C)c1ccn[nH]1. The number of aromatic nitrogens is 4. The van der Waals surface area contributed by atoms with E-state index in [1.165, 1.54) is 5.69 Å². The van der Waals surface area contributed by atoms with E-state index < -0.39 is 0 Å². The van der Waals surface area contributed by atoms with Crippen LogP contribution in [0.25, 0.3) is 0 Å². The smallest absolute Gasteiger partial charge is 0.0649 e. The molecule has 1 N–H and O–H groups in total. The predicted octanol–water partition coefficient (Wildman–Crippen LogP) is 3.08. The van der Waals surface area contributed by atoms with Gasteiger partial charge in [0.25, 0.3) is 0 Å². The van der Waals surface area contributed by atoms with Gasteiger partial charge in [-0.15, -0.1) is 0 Å². The van der Waals surface area contributed by atoms with Crippen LogP contribution in [-0.4, -0.2) is 20.0 Å². The van der Waals surface area contributed by atoms with Crippen molar-refractivity contribution in [3.63, 3.8) is 0 Å². The lowest BCUT2D eigenvalue weighted by Gasteiger charge is -1.95. The van der Waals surface area contributed by atoms with Gasteiger partial charge in [0.05, 0.1) is 5.69 Å². The van der Waals surface area contributed by atoms with Gasteiger partial charge in [0.2, 0.25) is 0 Å². The monoisotopic (exact) mass is 234 g/mol. The van der Waals surface area contributed by atoms with Crippen molar-refractivity contribution in [3.05, 3.63) is 35.9 Å². The third-order valence-electron chi connectivity index (χ3n) is 2.47. The molecule has 0 aliphatic rings. The van der Waals surface area contributed by atoms with Gasteiger partial charge in [-0.25, -0.2) is 0 Å². The first-order valence-electron chi connectivity index (χ1n) is 5.99. The van der Waals surface area contributed by atoms with Gasteiger partial charge in [-0.2, -0.15) is 10.2 Å². The van der Waals surface area contributed by atoms with E-state index in [9.17, 15) is 0 Å². The summed E-state index contributed by atoms with van der Waals surface area (Å²) in [6.45, 7) is 8.55. The lowest BCUT2D eigenvalue weighted by Crippen LogP contribution is -1.92. The largest absolute Gasteiger partial charge is 0.282 e. The Bertz CT molecular complexity index is 412. The summed E-state index contributed by atoms with van der Waals surface area (Å²) in [5.41, 5.74) is 2.36. The minimum Gasteiger partial charge on any atom is -0.282 e. The molecule has 4 heteroatoms. The molecule has 0 aromatic carbocycles. The number of H-pyrrole nitrogens is 1. The van der Waals surface area contributed by atoms with Crippen LogP contribution in [0.2, 0.25) is 0 Å². The molecule has 17 heavy (non-hydrogen) atoms. The number of nitrogens with zero attached hydrogens (tertiary/aromatic N) is 3. The van der Waals surface area contributed by atoms with Crippen LogP contribution < -0.4 is 0 Å². The van der Waals surface area contributed by atoms with Crippen molar-refractivity contribution in [2.45, 2.75) is 39.5 Å². The zero-order valence-corrected chi connectivity index (χ0v) is 11.3. The summed E-state index contributed by atoms with van der Waals surface area (Å²) in [6.07, 6.45) is 3.74. The lowest BCUT2D eigenvalue weighted by molar-refractivity contribution is 0.713. The normalized spacial score (nSPS) is 10.5. The van der Waals surface area contributed by atoms with Crippen molar-refractivity contribution in [2.24, 2.45) is 7.05 Å². The first-order valence-corrected chi connectivity index (χ1v) is 5.99. The second-order valence-corrected chi connectivity index (χ2v) is 4.74. The fraction of sp³-hybridized carbons (Fsp3) is 0.538. The molecule has 0 saturated carbocycles. The minimum atomic E-state index is 0.547. The topological polar surface area (TPSA) is 46.5 Å². The number of aryl methyl sites for hydroxylation is 1. The molecule has 0 fully saturated rings. The van der Waals surface area contributed by atoms with E-state index in [1.54, 1.807) is 6.20 Å². The fourth-order valence-electron chi connectivity index (χ4n) is 1.33. The molecule has 4 nitrogen and oxygen atoms in total. The Morgan fingerprint density at radius 1 is 1.12 bits per heavy atom. The number of nitrogens with one attached hydrogen (secondary N) is 1. The van der Waals surface area contributed by atoms with Crippen LogP contribution in [0.5, 0.6) is 0 Å². The summed E-state index contributed by atoms with van der Waals surface area (Å²) in [6, 6.07) is 4.04. The molecule has 0 aliphatic heterocycles. The molecule has 2 aromatic heterocycles. The Labute approximate surface area is 103 Å². The standard InChI is InChI=1S/C7H12N2.C6H10N2/c1-6(2)7-4-5-9(3)8-7;1-5(2)6-3-4-7-8-6/h4-6H,1-3H3;3-5H,1-2H3,(H,7,8). The Morgan fingerprint density at radius 2 is 1.82 bits per heavy atom. The van der Waals surface area contributed by atoms with Gasteiger partial charge >= 0.3 is 0 Å².